The first kappa shape index (κ1) is 20.5. The summed E-state index contributed by atoms with van der Waals surface area (Å²) in [6, 6.07) is 6.37. The number of hydrogen-bond donors (Lipinski definition) is 2. The summed E-state index contributed by atoms with van der Waals surface area (Å²) in [5.41, 5.74) is 2.72. The van der Waals surface area contributed by atoms with Gasteiger partial charge >= 0.3 is 6.09 Å². The first-order valence-corrected chi connectivity index (χ1v) is 8.63. The number of ether oxygens (including phenoxy) is 1. The van der Waals surface area contributed by atoms with E-state index in [-0.39, 0.29) is 12.5 Å². The smallest absolute Gasteiger partial charge is 0.407 e. The van der Waals surface area contributed by atoms with Crippen LogP contribution in [0.1, 0.15) is 51.3 Å². The van der Waals surface area contributed by atoms with Crippen molar-refractivity contribution in [2.45, 2.75) is 60.5 Å². The van der Waals surface area contributed by atoms with Gasteiger partial charge in [-0.3, -0.25) is 0 Å². The summed E-state index contributed by atoms with van der Waals surface area (Å²) in [6.45, 7) is 14.2. The maximum Gasteiger partial charge on any atom is 0.407 e. The van der Waals surface area contributed by atoms with E-state index in [2.05, 4.69) is 51.2 Å². The predicted molar refractivity (Wildman–Crippen MR) is 98.2 cm³/mol. The summed E-state index contributed by atoms with van der Waals surface area (Å²) in [6.07, 6.45) is 0.263. The molecule has 1 rings (SSSR count). The topological polar surface area (TPSA) is 58.6 Å². The molecule has 1 unspecified atom stereocenters. The number of alkyl carbamates (subject to hydrolysis) is 1. The number of hydrogen-bond acceptors (Lipinski definition) is 3. The van der Waals surface area contributed by atoms with E-state index in [1.54, 1.807) is 0 Å². The highest BCUT2D eigenvalue weighted by Crippen LogP contribution is 2.31. The predicted octanol–water partition coefficient (Wildman–Crippen LogP) is 4.01. The number of benzene rings is 1. The number of carbonyl (C=O) groups excluding carboxylic acids is 1. The molecule has 0 bridgehead atoms. The van der Waals surface area contributed by atoms with E-state index >= 15 is 0 Å². The lowest BCUT2D eigenvalue weighted by Gasteiger charge is -2.36. The highest BCUT2D eigenvalue weighted by molar-refractivity contribution is 5.67. The Hall–Kier alpha value is -1.55. The van der Waals surface area contributed by atoms with Gasteiger partial charge in [-0.25, -0.2) is 4.79 Å². The van der Waals surface area contributed by atoms with Crippen LogP contribution in [0.2, 0.25) is 0 Å². The number of amides is 1. The number of aliphatic hydroxyl groups is 1. The molecule has 0 aliphatic rings. The molecule has 0 aromatic heterocycles. The van der Waals surface area contributed by atoms with Crippen molar-refractivity contribution in [1.29, 1.82) is 0 Å². The molecule has 0 fully saturated rings. The molecule has 1 amide bonds. The Kier molecular flexibility index (Phi) is 6.85. The zero-order chi connectivity index (χ0) is 18.5. The molecule has 1 atom stereocenters. The van der Waals surface area contributed by atoms with Gasteiger partial charge in [0.05, 0.1) is 6.61 Å². The Morgan fingerprint density at radius 3 is 2.29 bits per heavy atom. The summed E-state index contributed by atoms with van der Waals surface area (Å²) in [5, 5.41) is 12.9. The zero-order valence-corrected chi connectivity index (χ0v) is 16.2. The van der Waals surface area contributed by atoms with Crippen LogP contribution < -0.4 is 5.32 Å². The fourth-order valence-corrected chi connectivity index (χ4v) is 2.65. The van der Waals surface area contributed by atoms with Crippen molar-refractivity contribution in [3.05, 3.63) is 34.9 Å². The molecule has 0 saturated heterocycles. The largest absolute Gasteiger partial charge is 0.444 e. The molecular formula is C20H33NO3. The van der Waals surface area contributed by atoms with Crippen molar-refractivity contribution in [3.63, 3.8) is 0 Å². The molecule has 24 heavy (non-hydrogen) atoms. The zero-order valence-electron chi connectivity index (χ0n) is 16.2. The first-order chi connectivity index (χ1) is 11.0. The fraction of sp³-hybridized carbons (Fsp3) is 0.650. The molecule has 1 aromatic carbocycles. The first-order valence-electron chi connectivity index (χ1n) is 8.63. The van der Waals surface area contributed by atoms with Gasteiger partial charge in [0.2, 0.25) is 0 Å². The quantitative estimate of drug-likeness (QED) is 0.826. The van der Waals surface area contributed by atoms with Gasteiger partial charge in [-0.2, -0.15) is 0 Å². The van der Waals surface area contributed by atoms with Gasteiger partial charge < -0.3 is 15.2 Å². The fourth-order valence-electron chi connectivity index (χ4n) is 2.65. The van der Waals surface area contributed by atoms with Crippen LogP contribution in [-0.4, -0.2) is 30.0 Å². The van der Waals surface area contributed by atoms with Gasteiger partial charge in [-0.15, -0.1) is 0 Å². The maximum absolute atomic E-state index is 12.0. The van der Waals surface area contributed by atoms with E-state index in [1.807, 2.05) is 20.8 Å². The molecule has 4 nitrogen and oxygen atoms in total. The van der Waals surface area contributed by atoms with Crippen LogP contribution >= 0.6 is 0 Å². The lowest BCUT2D eigenvalue weighted by molar-refractivity contribution is 0.0394. The minimum Gasteiger partial charge on any atom is -0.444 e. The second-order valence-electron chi connectivity index (χ2n) is 8.13. The van der Waals surface area contributed by atoms with Gasteiger partial charge in [-0.05, 0) is 63.6 Å². The van der Waals surface area contributed by atoms with Crippen LogP contribution in [0.5, 0.6) is 0 Å². The summed E-state index contributed by atoms with van der Waals surface area (Å²) in [4.78, 5) is 12.0. The van der Waals surface area contributed by atoms with Gasteiger partial charge in [0.25, 0.3) is 0 Å². The standard InChI is InChI=1S/C20H33NO3/c1-14(2)20(13-22,12-21-18(23)24-19(5,6)7)11-17-9-8-15(3)16(4)10-17/h8-10,14,22H,11-13H2,1-7H3,(H,21,23). The summed E-state index contributed by atoms with van der Waals surface area (Å²) < 4.78 is 5.31. The number of rotatable bonds is 6. The van der Waals surface area contributed by atoms with Crippen LogP contribution in [0.4, 0.5) is 4.79 Å². The molecule has 0 aliphatic heterocycles. The van der Waals surface area contributed by atoms with E-state index in [9.17, 15) is 9.90 Å². The van der Waals surface area contributed by atoms with Crippen molar-refractivity contribution in [1.82, 2.24) is 5.32 Å². The van der Waals surface area contributed by atoms with Crippen LogP contribution in [0.3, 0.4) is 0 Å². The molecule has 136 valence electrons. The van der Waals surface area contributed by atoms with Crippen molar-refractivity contribution in [2.75, 3.05) is 13.2 Å². The van der Waals surface area contributed by atoms with Crippen molar-refractivity contribution >= 4 is 6.09 Å². The second-order valence-corrected chi connectivity index (χ2v) is 8.13. The third kappa shape index (κ3) is 5.82. The van der Waals surface area contributed by atoms with Crippen LogP contribution in [0, 0.1) is 25.2 Å². The summed E-state index contributed by atoms with van der Waals surface area (Å²) >= 11 is 0. The molecule has 1 aromatic rings. The van der Waals surface area contributed by atoms with E-state index < -0.39 is 17.1 Å². The number of aliphatic hydroxyl groups excluding tert-OH is 1. The Morgan fingerprint density at radius 1 is 1.21 bits per heavy atom. The van der Waals surface area contributed by atoms with Crippen molar-refractivity contribution in [2.24, 2.45) is 11.3 Å². The molecule has 0 saturated carbocycles. The molecular weight excluding hydrogens is 302 g/mol. The summed E-state index contributed by atoms with van der Waals surface area (Å²) in [7, 11) is 0. The van der Waals surface area contributed by atoms with E-state index in [1.165, 1.54) is 16.7 Å². The van der Waals surface area contributed by atoms with Crippen LogP contribution in [-0.2, 0) is 11.2 Å². The highest BCUT2D eigenvalue weighted by Gasteiger charge is 2.34. The van der Waals surface area contributed by atoms with E-state index in [0.717, 1.165) is 0 Å². The van der Waals surface area contributed by atoms with Gasteiger partial charge in [0.1, 0.15) is 5.60 Å². The molecule has 2 N–H and O–H groups in total. The van der Waals surface area contributed by atoms with Crippen LogP contribution in [0.25, 0.3) is 0 Å². The molecule has 0 heterocycles. The molecule has 4 heteroatoms. The van der Waals surface area contributed by atoms with Gasteiger partial charge in [0, 0.05) is 12.0 Å². The van der Waals surface area contributed by atoms with Crippen LogP contribution in [0.15, 0.2) is 18.2 Å². The SMILES string of the molecule is Cc1ccc(CC(CO)(CNC(=O)OC(C)(C)C)C(C)C)cc1C. The average molecular weight is 335 g/mol. The lowest BCUT2D eigenvalue weighted by atomic mass is 9.73. The Balaban J connectivity index is 2.89. The third-order valence-corrected chi connectivity index (χ3v) is 4.65. The third-order valence-electron chi connectivity index (χ3n) is 4.65. The monoisotopic (exact) mass is 335 g/mol. The second kappa shape index (κ2) is 8.02. The summed E-state index contributed by atoms with van der Waals surface area (Å²) in [5.74, 6) is 0.207. The Morgan fingerprint density at radius 2 is 1.83 bits per heavy atom. The maximum atomic E-state index is 12.0. The molecule has 0 aliphatic carbocycles. The lowest BCUT2D eigenvalue weighted by Crippen LogP contribution is -2.46. The minimum atomic E-state index is -0.530. The highest BCUT2D eigenvalue weighted by atomic mass is 16.6. The van der Waals surface area contributed by atoms with Crippen molar-refractivity contribution in [3.8, 4) is 0 Å². The normalized spacial score (nSPS) is 14.4. The van der Waals surface area contributed by atoms with Gasteiger partial charge in [-0.1, -0.05) is 32.0 Å². The number of nitrogens with one attached hydrogen (secondary N) is 1. The van der Waals surface area contributed by atoms with Gasteiger partial charge in [0.15, 0.2) is 0 Å². The average Bonchev–Trinajstić information content (AvgIpc) is 2.45. The molecule has 0 radical (unpaired) electrons. The number of aryl methyl sites for hydroxylation is 2. The minimum absolute atomic E-state index is 0.00733. The van der Waals surface area contributed by atoms with E-state index in [0.29, 0.717) is 13.0 Å². The molecule has 0 spiro atoms. The number of carbonyl (C=O) groups is 1. The Bertz CT molecular complexity index is 560. The van der Waals surface area contributed by atoms with E-state index in [4.69, 9.17) is 4.74 Å². The van der Waals surface area contributed by atoms with Crippen molar-refractivity contribution < 1.29 is 14.6 Å². The Labute approximate surface area is 146 Å².